The Kier molecular flexibility index (Phi) is 6.55. The lowest BCUT2D eigenvalue weighted by molar-refractivity contribution is -0.121. The zero-order valence-electron chi connectivity index (χ0n) is 18.7. The Morgan fingerprint density at radius 2 is 2.09 bits per heavy atom. The van der Waals surface area contributed by atoms with Crippen LogP contribution in [0.1, 0.15) is 31.2 Å². The Balaban J connectivity index is 1.32. The van der Waals surface area contributed by atoms with Gasteiger partial charge in [-0.25, -0.2) is 0 Å². The third-order valence-electron chi connectivity index (χ3n) is 5.65. The van der Waals surface area contributed by atoms with Crippen LogP contribution in [0.2, 0.25) is 0 Å². The number of amides is 1. The topological polar surface area (TPSA) is 84.5 Å². The van der Waals surface area contributed by atoms with Gasteiger partial charge in [-0.3, -0.25) is 18.6 Å². The van der Waals surface area contributed by atoms with Crippen LogP contribution in [0.5, 0.6) is 0 Å². The summed E-state index contributed by atoms with van der Waals surface area (Å²) in [6.45, 7) is 6.68. The average Bonchev–Trinajstić information content (AvgIpc) is 3.43. The minimum Gasteiger partial charge on any atom is -0.372 e. The number of nitrogens with one attached hydrogen (secondary N) is 1. The molecule has 168 valence electrons. The highest BCUT2D eigenvalue weighted by Gasteiger charge is 2.16. The van der Waals surface area contributed by atoms with Gasteiger partial charge in [0, 0.05) is 45.2 Å². The van der Waals surface area contributed by atoms with Crippen molar-refractivity contribution in [1.82, 2.24) is 24.5 Å². The van der Waals surface area contributed by atoms with Crippen molar-refractivity contribution >= 4 is 38.9 Å². The molecule has 0 atom stereocenters. The summed E-state index contributed by atoms with van der Waals surface area (Å²) < 4.78 is 4.05. The van der Waals surface area contributed by atoms with Gasteiger partial charge in [0.15, 0.2) is 0 Å². The Morgan fingerprint density at radius 3 is 2.88 bits per heavy atom. The van der Waals surface area contributed by atoms with Crippen LogP contribution in [0.25, 0.3) is 16.0 Å². The molecule has 1 amide bonds. The SMILES string of the molecule is CCN(CCCNC(=O)CCc1nnc2n(C)c(=O)c3sccc3n12)c1cccc(C)c1. The molecule has 8 nitrogen and oxygen atoms in total. The highest BCUT2D eigenvalue weighted by atomic mass is 32.1. The number of carbonyl (C=O) groups is 1. The number of hydrogen-bond acceptors (Lipinski definition) is 6. The molecule has 0 saturated heterocycles. The van der Waals surface area contributed by atoms with Crippen molar-refractivity contribution in [2.45, 2.75) is 33.1 Å². The smallest absolute Gasteiger partial charge is 0.272 e. The Bertz CT molecular complexity index is 1310. The van der Waals surface area contributed by atoms with Crippen LogP contribution in [0.3, 0.4) is 0 Å². The van der Waals surface area contributed by atoms with Gasteiger partial charge in [-0.05, 0) is 49.4 Å². The Morgan fingerprint density at radius 1 is 1.25 bits per heavy atom. The first kappa shape index (κ1) is 22.0. The molecule has 3 heterocycles. The van der Waals surface area contributed by atoms with Gasteiger partial charge in [0.05, 0.1) is 5.52 Å². The second kappa shape index (κ2) is 9.52. The molecule has 0 aliphatic rings. The van der Waals surface area contributed by atoms with Gasteiger partial charge in [-0.2, -0.15) is 0 Å². The summed E-state index contributed by atoms with van der Waals surface area (Å²) in [4.78, 5) is 27.1. The maximum atomic E-state index is 12.4. The zero-order valence-corrected chi connectivity index (χ0v) is 19.5. The molecule has 0 radical (unpaired) electrons. The highest BCUT2D eigenvalue weighted by molar-refractivity contribution is 7.17. The number of aromatic nitrogens is 4. The van der Waals surface area contributed by atoms with Gasteiger partial charge in [-0.15, -0.1) is 21.5 Å². The van der Waals surface area contributed by atoms with Crippen LogP contribution in [0.15, 0.2) is 40.5 Å². The lowest BCUT2D eigenvalue weighted by Crippen LogP contribution is -2.30. The third kappa shape index (κ3) is 4.38. The van der Waals surface area contributed by atoms with Gasteiger partial charge < -0.3 is 10.2 Å². The van der Waals surface area contributed by atoms with Crippen molar-refractivity contribution in [2.75, 3.05) is 24.5 Å². The van der Waals surface area contributed by atoms with E-state index in [9.17, 15) is 9.59 Å². The van der Waals surface area contributed by atoms with E-state index in [-0.39, 0.29) is 11.5 Å². The number of anilines is 1. The van der Waals surface area contributed by atoms with Crippen molar-refractivity contribution in [2.24, 2.45) is 7.05 Å². The van der Waals surface area contributed by atoms with E-state index in [1.807, 2.05) is 15.8 Å². The van der Waals surface area contributed by atoms with E-state index in [1.165, 1.54) is 27.2 Å². The van der Waals surface area contributed by atoms with E-state index in [1.54, 1.807) is 7.05 Å². The van der Waals surface area contributed by atoms with Crippen molar-refractivity contribution < 1.29 is 4.79 Å². The number of aryl methyl sites for hydroxylation is 3. The van der Waals surface area contributed by atoms with Crippen LogP contribution in [-0.4, -0.2) is 44.7 Å². The lowest BCUT2D eigenvalue weighted by Gasteiger charge is -2.23. The van der Waals surface area contributed by atoms with Gasteiger partial charge in [0.2, 0.25) is 11.7 Å². The van der Waals surface area contributed by atoms with E-state index in [4.69, 9.17) is 0 Å². The second-order valence-electron chi connectivity index (χ2n) is 7.87. The minimum atomic E-state index is -0.0778. The van der Waals surface area contributed by atoms with E-state index >= 15 is 0 Å². The first-order chi connectivity index (χ1) is 15.5. The van der Waals surface area contributed by atoms with Gasteiger partial charge in [0.1, 0.15) is 10.5 Å². The van der Waals surface area contributed by atoms with Crippen LogP contribution < -0.4 is 15.8 Å². The summed E-state index contributed by atoms with van der Waals surface area (Å²) in [5, 5.41) is 13.3. The van der Waals surface area contributed by atoms with E-state index < -0.39 is 0 Å². The zero-order chi connectivity index (χ0) is 22.7. The second-order valence-corrected chi connectivity index (χ2v) is 8.79. The van der Waals surface area contributed by atoms with Gasteiger partial charge >= 0.3 is 0 Å². The summed E-state index contributed by atoms with van der Waals surface area (Å²) in [7, 11) is 1.69. The van der Waals surface area contributed by atoms with Crippen LogP contribution >= 0.6 is 11.3 Å². The Hall–Kier alpha value is -3.20. The number of rotatable bonds is 9. The molecule has 0 fully saturated rings. The monoisotopic (exact) mass is 452 g/mol. The molecule has 3 aromatic heterocycles. The van der Waals surface area contributed by atoms with E-state index in [2.05, 4.69) is 58.5 Å². The standard InChI is InChI=1S/C23H28N6O2S/c1-4-28(17-8-5-7-16(2)15-17)13-6-12-24-20(30)10-9-19-25-26-23-27(3)22(31)21-18(29(19)23)11-14-32-21/h5,7-8,11,14-15H,4,6,9-10,12-13H2,1-3H3,(H,24,30). The molecule has 0 saturated carbocycles. The number of thiophene rings is 1. The maximum Gasteiger partial charge on any atom is 0.272 e. The predicted molar refractivity (Wildman–Crippen MR) is 129 cm³/mol. The van der Waals surface area contributed by atoms with Crippen molar-refractivity contribution in [1.29, 1.82) is 0 Å². The molecule has 1 aromatic carbocycles. The van der Waals surface area contributed by atoms with E-state index in [0.717, 1.165) is 25.0 Å². The van der Waals surface area contributed by atoms with Crippen LogP contribution in [0, 0.1) is 6.92 Å². The van der Waals surface area contributed by atoms with E-state index in [0.29, 0.717) is 35.7 Å². The molecule has 0 spiro atoms. The van der Waals surface area contributed by atoms with Crippen molar-refractivity contribution in [3.05, 3.63) is 57.5 Å². The van der Waals surface area contributed by atoms with Gasteiger partial charge in [-0.1, -0.05) is 12.1 Å². The average molecular weight is 453 g/mol. The summed E-state index contributed by atoms with van der Waals surface area (Å²) in [6, 6.07) is 10.4. The molecular weight excluding hydrogens is 424 g/mol. The molecule has 0 unspecified atom stereocenters. The fraction of sp³-hybridized carbons (Fsp3) is 0.391. The molecule has 4 rings (SSSR count). The largest absolute Gasteiger partial charge is 0.372 e. The van der Waals surface area contributed by atoms with Crippen LogP contribution in [-0.2, 0) is 18.3 Å². The summed E-state index contributed by atoms with van der Waals surface area (Å²) in [5.41, 5.74) is 3.18. The van der Waals surface area contributed by atoms with Gasteiger partial charge in [0.25, 0.3) is 5.56 Å². The summed E-state index contributed by atoms with van der Waals surface area (Å²) >= 11 is 1.40. The third-order valence-corrected chi connectivity index (χ3v) is 6.54. The maximum absolute atomic E-state index is 12.4. The molecule has 4 aromatic rings. The molecule has 0 bridgehead atoms. The summed E-state index contributed by atoms with van der Waals surface area (Å²) in [6.07, 6.45) is 1.66. The number of carbonyl (C=O) groups excluding carboxylic acids is 1. The number of benzene rings is 1. The number of fused-ring (bicyclic) bond motifs is 3. The fourth-order valence-corrected chi connectivity index (χ4v) is 4.77. The quantitative estimate of drug-likeness (QED) is 0.395. The molecule has 32 heavy (non-hydrogen) atoms. The normalized spacial score (nSPS) is 11.3. The van der Waals surface area contributed by atoms with Crippen LogP contribution in [0.4, 0.5) is 5.69 Å². The fourth-order valence-electron chi connectivity index (χ4n) is 3.92. The molecule has 1 N–H and O–H groups in total. The number of hydrogen-bond donors (Lipinski definition) is 1. The molecule has 0 aliphatic heterocycles. The number of nitrogens with zero attached hydrogens (tertiary/aromatic N) is 5. The lowest BCUT2D eigenvalue weighted by atomic mass is 10.2. The first-order valence-corrected chi connectivity index (χ1v) is 11.8. The summed E-state index contributed by atoms with van der Waals surface area (Å²) in [5.74, 6) is 1.17. The predicted octanol–water partition coefficient (Wildman–Crippen LogP) is 2.92. The minimum absolute atomic E-state index is 0.00765. The Labute approximate surface area is 190 Å². The van der Waals surface area contributed by atoms with Crippen molar-refractivity contribution in [3.63, 3.8) is 0 Å². The molecular formula is C23H28N6O2S. The van der Waals surface area contributed by atoms with Crippen molar-refractivity contribution in [3.8, 4) is 0 Å². The molecule has 9 heteroatoms. The molecule has 0 aliphatic carbocycles. The highest BCUT2D eigenvalue weighted by Crippen LogP contribution is 2.20. The first-order valence-electron chi connectivity index (χ1n) is 10.9.